The minimum Gasteiger partial charge on any atom is -0.481 e. The summed E-state index contributed by atoms with van der Waals surface area (Å²) in [4.78, 5) is 25.5. The largest absolute Gasteiger partial charge is 0.481 e. The molecule has 2 atom stereocenters. The molecule has 1 aromatic rings. The summed E-state index contributed by atoms with van der Waals surface area (Å²) in [6.07, 6.45) is 2.75. The van der Waals surface area contributed by atoms with Crippen LogP contribution in [0.15, 0.2) is 24.3 Å². The van der Waals surface area contributed by atoms with E-state index in [0.29, 0.717) is 18.8 Å². The van der Waals surface area contributed by atoms with Crippen molar-refractivity contribution in [3.63, 3.8) is 0 Å². The van der Waals surface area contributed by atoms with Gasteiger partial charge < -0.3 is 10.0 Å². The minimum absolute atomic E-state index is 0.0341. The molecule has 4 heteroatoms. The van der Waals surface area contributed by atoms with Crippen LogP contribution in [-0.4, -0.2) is 24.0 Å². The number of carbonyl (C=O) groups is 2. The molecule has 1 N–H and O–H groups in total. The fourth-order valence-electron chi connectivity index (χ4n) is 3.13. The zero-order valence-corrected chi connectivity index (χ0v) is 13.6. The number of benzene rings is 1. The van der Waals surface area contributed by atoms with E-state index in [4.69, 9.17) is 5.11 Å². The summed E-state index contributed by atoms with van der Waals surface area (Å²) in [7, 11) is 1.78. The molecule has 1 aliphatic rings. The molecular formula is C18H25NO3. The van der Waals surface area contributed by atoms with Crippen molar-refractivity contribution < 1.29 is 14.7 Å². The number of hydrogen-bond acceptors (Lipinski definition) is 2. The standard InChI is InChI=1S/C18H25NO3/c1-12(2)13-6-5-9-16(11-13)19(3)17(20)14-7-4-8-15(10-14)18(21)22/h5-6,9,11-12,14-15H,4,7-8,10H2,1-3H3,(H,21,22). The Bertz CT molecular complexity index is 553. The van der Waals surface area contributed by atoms with Crippen LogP contribution in [0.5, 0.6) is 0 Å². The van der Waals surface area contributed by atoms with Crippen LogP contribution in [0, 0.1) is 11.8 Å². The van der Waals surface area contributed by atoms with Crippen molar-refractivity contribution in [1.82, 2.24) is 0 Å². The topological polar surface area (TPSA) is 57.6 Å². The number of amides is 1. The lowest BCUT2D eigenvalue weighted by Crippen LogP contribution is -2.36. The Balaban J connectivity index is 2.11. The van der Waals surface area contributed by atoms with Crippen LogP contribution in [0.1, 0.15) is 51.0 Å². The molecular weight excluding hydrogens is 278 g/mol. The lowest BCUT2D eigenvalue weighted by molar-refractivity contribution is -0.143. The first-order valence-electron chi connectivity index (χ1n) is 8.00. The quantitative estimate of drug-likeness (QED) is 0.923. The average Bonchev–Trinajstić information content (AvgIpc) is 2.53. The molecule has 22 heavy (non-hydrogen) atoms. The summed E-state index contributed by atoms with van der Waals surface area (Å²) < 4.78 is 0. The molecule has 0 radical (unpaired) electrons. The van der Waals surface area contributed by atoms with Crippen LogP contribution in [0.3, 0.4) is 0 Å². The van der Waals surface area contributed by atoms with Gasteiger partial charge in [0.15, 0.2) is 0 Å². The third-order valence-corrected chi connectivity index (χ3v) is 4.63. The highest BCUT2D eigenvalue weighted by Gasteiger charge is 2.32. The number of aliphatic carboxylic acids is 1. The molecule has 1 aromatic carbocycles. The molecule has 1 amide bonds. The van der Waals surface area contributed by atoms with E-state index in [1.165, 1.54) is 5.56 Å². The molecule has 1 fully saturated rings. The maximum absolute atomic E-state index is 12.7. The Kier molecular flexibility index (Phi) is 5.22. The van der Waals surface area contributed by atoms with Crippen LogP contribution in [0.2, 0.25) is 0 Å². The van der Waals surface area contributed by atoms with Crippen molar-refractivity contribution in [1.29, 1.82) is 0 Å². The second kappa shape index (κ2) is 6.95. The minimum atomic E-state index is -0.776. The fourth-order valence-corrected chi connectivity index (χ4v) is 3.13. The molecule has 0 heterocycles. The highest BCUT2D eigenvalue weighted by Crippen LogP contribution is 2.31. The van der Waals surface area contributed by atoms with Gasteiger partial charge in [-0.2, -0.15) is 0 Å². The van der Waals surface area contributed by atoms with Gasteiger partial charge in [0.25, 0.3) is 0 Å². The number of carboxylic acids is 1. The molecule has 0 spiro atoms. The number of anilines is 1. The van der Waals surface area contributed by atoms with Gasteiger partial charge in [-0.1, -0.05) is 32.4 Å². The van der Waals surface area contributed by atoms with E-state index in [1.54, 1.807) is 11.9 Å². The van der Waals surface area contributed by atoms with Gasteiger partial charge >= 0.3 is 5.97 Å². The maximum Gasteiger partial charge on any atom is 0.306 e. The van der Waals surface area contributed by atoms with Crippen LogP contribution >= 0.6 is 0 Å². The molecule has 0 bridgehead atoms. The fraction of sp³-hybridized carbons (Fsp3) is 0.556. The third-order valence-electron chi connectivity index (χ3n) is 4.63. The van der Waals surface area contributed by atoms with E-state index in [-0.39, 0.29) is 17.7 Å². The molecule has 2 unspecified atom stereocenters. The summed E-state index contributed by atoms with van der Waals surface area (Å²) in [5.74, 6) is -0.885. The Morgan fingerprint density at radius 3 is 2.55 bits per heavy atom. The number of nitrogens with zero attached hydrogens (tertiary/aromatic N) is 1. The van der Waals surface area contributed by atoms with Gasteiger partial charge in [0, 0.05) is 18.7 Å². The van der Waals surface area contributed by atoms with E-state index in [2.05, 4.69) is 19.9 Å². The second-order valence-electron chi connectivity index (χ2n) is 6.55. The van der Waals surface area contributed by atoms with Crippen molar-refractivity contribution in [2.75, 3.05) is 11.9 Å². The highest BCUT2D eigenvalue weighted by atomic mass is 16.4. The van der Waals surface area contributed by atoms with Gasteiger partial charge in [0.2, 0.25) is 5.91 Å². The zero-order chi connectivity index (χ0) is 16.3. The van der Waals surface area contributed by atoms with Gasteiger partial charge in [-0.3, -0.25) is 9.59 Å². The van der Waals surface area contributed by atoms with Crippen LogP contribution in [0.4, 0.5) is 5.69 Å². The van der Waals surface area contributed by atoms with E-state index in [1.807, 2.05) is 18.2 Å². The third kappa shape index (κ3) is 3.67. The predicted octanol–water partition coefficient (Wildman–Crippen LogP) is 3.66. The van der Waals surface area contributed by atoms with Crippen LogP contribution in [0.25, 0.3) is 0 Å². The lowest BCUT2D eigenvalue weighted by atomic mass is 9.80. The van der Waals surface area contributed by atoms with Gasteiger partial charge in [-0.05, 0) is 42.9 Å². The molecule has 0 aromatic heterocycles. The van der Waals surface area contributed by atoms with Crippen molar-refractivity contribution in [2.24, 2.45) is 11.8 Å². The lowest BCUT2D eigenvalue weighted by Gasteiger charge is -2.29. The predicted molar refractivity (Wildman–Crippen MR) is 87.0 cm³/mol. The van der Waals surface area contributed by atoms with Gasteiger partial charge in [-0.25, -0.2) is 0 Å². The normalized spacial score (nSPS) is 21.6. The Morgan fingerprint density at radius 1 is 1.23 bits per heavy atom. The molecule has 1 aliphatic carbocycles. The Labute approximate surface area is 132 Å². The van der Waals surface area contributed by atoms with Crippen LogP contribution in [-0.2, 0) is 9.59 Å². The molecule has 0 aliphatic heterocycles. The summed E-state index contributed by atoms with van der Waals surface area (Å²) in [6, 6.07) is 8.00. The van der Waals surface area contributed by atoms with E-state index in [9.17, 15) is 9.59 Å². The smallest absolute Gasteiger partial charge is 0.306 e. The maximum atomic E-state index is 12.7. The summed E-state index contributed by atoms with van der Waals surface area (Å²) >= 11 is 0. The van der Waals surface area contributed by atoms with E-state index >= 15 is 0 Å². The summed E-state index contributed by atoms with van der Waals surface area (Å²) in [6.45, 7) is 4.25. The summed E-state index contributed by atoms with van der Waals surface area (Å²) in [5, 5.41) is 9.17. The Hall–Kier alpha value is -1.84. The van der Waals surface area contributed by atoms with Crippen LogP contribution < -0.4 is 4.90 Å². The SMILES string of the molecule is CC(C)c1cccc(N(C)C(=O)C2CCCC(C(=O)O)C2)c1. The highest BCUT2D eigenvalue weighted by molar-refractivity contribution is 5.95. The summed E-state index contributed by atoms with van der Waals surface area (Å²) in [5.41, 5.74) is 2.08. The monoisotopic (exact) mass is 303 g/mol. The zero-order valence-electron chi connectivity index (χ0n) is 13.6. The van der Waals surface area contributed by atoms with E-state index < -0.39 is 5.97 Å². The van der Waals surface area contributed by atoms with Crippen molar-refractivity contribution in [3.05, 3.63) is 29.8 Å². The molecule has 120 valence electrons. The molecule has 0 saturated heterocycles. The first kappa shape index (κ1) is 16.5. The number of hydrogen-bond donors (Lipinski definition) is 1. The number of carbonyl (C=O) groups excluding carboxylic acids is 1. The number of rotatable bonds is 4. The second-order valence-corrected chi connectivity index (χ2v) is 6.55. The van der Waals surface area contributed by atoms with Crippen molar-refractivity contribution >= 4 is 17.6 Å². The van der Waals surface area contributed by atoms with Crippen molar-refractivity contribution in [3.8, 4) is 0 Å². The number of carboxylic acid groups (broad SMARTS) is 1. The Morgan fingerprint density at radius 2 is 1.91 bits per heavy atom. The van der Waals surface area contributed by atoms with E-state index in [0.717, 1.165) is 18.5 Å². The molecule has 4 nitrogen and oxygen atoms in total. The average molecular weight is 303 g/mol. The van der Waals surface area contributed by atoms with Crippen molar-refractivity contribution in [2.45, 2.75) is 45.4 Å². The molecule has 1 saturated carbocycles. The first-order valence-corrected chi connectivity index (χ1v) is 8.00. The first-order chi connectivity index (χ1) is 10.4. The van der Waals surface area contributed by atoms with Gasteiger partial charge in [-0.15, -0.1) is 0 Å². The van der Waals surface area contributed by atoms with Gasteiger partial charge in [0.05, 0.1) is 5.92 Å². The van der Waals surface area contributed by atoms with Gasteiger partial charge in [0.1, 0.15) is 0 Å². The molecule has 2 rings (SSSR count).